The van der Waals surface area contributed by atoms with E-state index in [0.717, 1.165) is 5.75 Å². The SMILES string of the molecule is COc1ccc(N2N=C(C)[C@@H](C(C)=NCCO)C2=O)cc1. The standard InChI is InChI=1S/C15H19N3O3/c1-10(16-8-9-19)14-11(2)17-18(15(14)20)12-4-6-13(21-3)7-5-12/h4-7,14,19H,8-9H2,1-3H3/t14-/m1/s1. The van der Waals surface area contributed by atoms with Crippen molar-refractivity contribution in [2.75, 3.05) is 25.3 Å². The summed E-state index contributed by atoms with van der Waals surface area (Å²) in [4.78, 5) is 16.7. The average molecular weight is 289 g/mol. The van der Waals surface area contributed by atoms with Gasteiger partial charge in [0.15, 0.2) is 0 Å². The molecule has 1 aromatic carbocycles. The van der Waals surface area contributed by atoms with Gasteiger partial charge in [-0.1, -0.05) is 0 Å². The van der Waals surface area contributed by atoms with E-state index in [9.17, 15) is 4.79 Å². The first kappa shape index (κ1) is 15.2. The van der Waals surface area contributed by atoms with Gasteiger partial charge in [-0.3, -0.25) is 9.79 Å². The molecule has 2 rings (SSSR count). The maximum atomic E-state index is 12.5. The lowest BCUT2D eigenvalue weighted by Gasteiger charge is -2.14. The van der Waals surface area contributed by atoms with Crippen LogP contribution >= 0.6 is 0 Å². The second kappa shape index (κ2) is 6.49. The Morgan fingerprint density at radius 2 is 2.10 bits per heavy atom. The molecule has 1 aliphatic heterocycles. The molecule has 21 heavy (non-hydrogen) atoms. The Bertz CT molecular complexity index is 578. The largest absolute Gasteiger partial charge is 0.497 e. The Morgan fingerprint density at radius 1 is 1.43 bits per heavy atom. The van der Waals surface area contributed by atoms with Crippen molar-refractivity contribution in [1.29, 1.82) is 0 Å². The summed E-state index contributed by atoms with van der Waals surface area (Å²) in [7, 11) is 1.59. The number of amides is 1. The zero-order valence-electron chi connectivity index (χ0n) is 12.4. The zero-order chi connectivity index (χ0) is 15.4. The van der Waals surface area contributed by atoms with Gasteiger partial charge in [0.2, 0.25) is 0 Å². The number of aliphatic hydroxyl groups is 1. The van der Waals surface area contributed by atoms with Crippen LogP contribution in [-0.2, 0) is 4.79 Å². The number of methoxy groups -OCH3 is 1. The van der Waals surface area contributed by atoms with Crippen LogP contribution in [0.1, 0.15) is 13.8 Å². The lowest BCUT2D eigenvalue weighted by molar-refractivity contribution is -0.118. The minimum absolute atomic E-state index is 0.0311. The molecular formula is C15H19N3O3. The molecule has 6 nitrogen and oxygen atoms in total. The molecule has 0 bridgehead atoms. The highest BCUT2D eigenvalue weighted by Gasteiger charge is 2.36. The van der Waals surface area contributed by atoms with E-state index in [4.69, 9.17) is 9.84 Å². The van der Waals surface area contributed by atoms with Crippen LogP contribution in [0, 0.1) is 5.92 Å². The molecule has 1 heterocycles. The van der Waals surface area contributed by atoms with Crippen molar-refractivity contribution in [2.24, 2.45) is 16.0 Å². The van der Waals surface area contributed by atoms with Gasteiger partial charge in [0, 0.05) is 5.71 Å². The number of hydrazone groups is 1. The van der Waals surface area contributed by atoms with Crippen LogP contribution < -0.4 is 9.75 Å². The van der Waals surface area contributed by atoms with Crippen molar-refractivity contribution in [3.8, 4) is 5.75 Å². The quantitative estimate of drug-likeness (QED) is 0.834. The van der Waals surface area contributed by atoms with Crippen molar-refractivity contribution >= 4 is 23.0 Å². The summed E-state index contributed by atoms with van der Waals surface area (Å²) < 4.78 is 5.10. The Kier molecular flexibility index (Phi) is 4.70. The fourth-order valence-corrected chi connectivity index (χ4v) is 2.27. The topological polar surface area (TPSA) is 74.5 Å². The number of carbonyl (C=O) groups is 1. The van der Waals surface area contributed by atoms with Crippen molar-refractivity contribution in [3.63, 3.8) is 0 Å². The van der Waals surface area contributed by atoms with Crippen LogP contribution in [0.5, 0.6) is 5.75 Å². The molecule has 0 saturated heterocycles. The monoisotopic (exact) mass is 289 g/mol. The van der Waals surface area contributed by atoms with E-state index < -0.39 is 5.92 Å². The number of anilines is 1. The Hall–Kier alpha value is -2.21. The number of aliphatic hydroxyl groups excluding tert-OH is 1. The van der Waals surface area contributed by atoms with E-state index in [1.165, 1.54) is 5.01 Å². The molecule has 1 atom stereocenters. The number of nitrogens with zero attached hydrogens (tertiary/aromatic N) is 3. The highest BCUT2D eigenvalue weighted by atomic mass is 16.5. The first-order valence-electron chi connectivity index (χ1n) is 6.73. The van der Waals surface area contributed by atoms with E-state index in [2.05, 4.69) is 10.1 Å². The minimum atomic E-state index is -0.446. The van der Waals surface area contributed by atoms with Crippen molar-refractivity contribution < 1.29 is 14.6 Å². The van der Waals surface area contributed by atoms with Gasteiger partial charge in [-0.2, -0.15) is 10.1 Å². The summed E-state index contributed by atoms with van der Waals surface area (Å²) in [5, 5.41) is 14.5. The molecular weight excluding hydrogens is 270 g/mol. The Balaban J connectivity index is 2.22. The summed E-state index contributed by atoms with van der Waals surface area (Å²) in [6.07, 6.45) is 0. The van der Waals surface area contributed by atoms with E-state index in [-0.39, 0.29) is 12.5 Å². The third-order valence-electron chi connectivity index (χ3n) is 3.33. The fraction of sp³-hybridized carbons (Fsp3) is 0.400. The zero-order valence-corrected chi connectivity index (χ0v) is 12.4. The van der Waals surface area contributed by atoms with Crippen molar-refractivity contribution in [1.82, 2.24) is 0 Å². The molecule has 1 aliphatic rings. The number of benzene rings is 1. The Morgan fingerprint density at radius 3 is 2.67 bits per heavy atom. The summed E-state index contributed by atoms with van der Waals surface area (Å²) in [5.74, 6) is 0.152. The van der Waals surface area contributed by atoms with Crippen LogP contribution in [0.4, 0.5) is 5.69 Å². The fourth-order valence-electron chi connectivity index (χ4n) is 2.27. The van der Waals surface area contributed by atoms with Gasteiger partial charge < -0.3 is 9.84 Å². The van der Waals surface area contributed by atoms with Crippen LogP contribution in [0.2, 0.25) is 0 Å². The first-order valence-corrected chi connectivity index (χ1v) is 6.73. The van der Waals surface area contributed by atoms with E-state index in [1.807, 2.05) is 6.92 Å². The van der Waals surface area contributed by atoms with Gasteiger partial charge in [0.1, 0.15) is 11.7 Å². The maximum Gasteiger partial charge on any atom is 0.261 e. The molecule has 0 fully saturated rings. The maximum absolute atomic E-state index is 12.5. The van der Waals surface area contributed by atoms with Gasteiger partial charge >= 0.3 is 0 Å². The summed E-state index contributed by atoms with van der Waals surface area (Å²) >= 11 is 0. The Labute approximate surface area is 123 Å². The van der Waals surface area contributed by atoms with E-state index in [0.29, 0.717) is 23.7 Å². The molecule has 0 radical (unpaired) electrons. The predicted octanol–water partition coefficient (Wildman–Crippen LogP) is 1.49. The van der Waals surface area contributed by atoms with Gasteiger partial charge in [0.05, 0.1) is 31.7 Å². The van der Waals surface area contributed by atoms with Crippen LogP contribution in [-0.4, -0.2) is 42.7 Å². The third-order valence-corrected chi connectivity index (χ3v) is 3.33. The number of hydrogen-bond donors (Lipinski definition) is 1. The van der Waals surface area contributed by atoms with Gasteiger partial charge in [0.25, 0.3) is 5.91 Å². The van der Waals surface area contributed by atoms with Gasteiger partial charge in [-0.05, 0) is 38.1 Å². The molecule has 1 N–H and O–H groups in total. The molecule has 1 amide bonds. The van der Waals surface area contributed by atoms with E-state index in [1.54, 1.807) is 38.3 Å². The molecule has 0 unspecified atom stereocenters. The van der Waals surface area contributed by atoms with Crippen LogP contribution in [0.25, 0.3) is 0 Å². The number of ether oxygens (including phenoxy) is 1. The number of hydrogen-bond acceptors (Lipinski definition) is 5. The molecule has 112 valence electrons. The lowest BCUT2D eigenvalue weighted by atomic mass is 9.99. The first-order chi connectivity index (χ1) is 10.1. The molecule has 6 heteroatoms. The highest BCUT2D eigenvalue weighted by molar-refractivity contribution is 6.27. The number of aliphatic imine (C=N–C) groups is 1. The summed E-state index contributed by atoms with van der Waals surface area (Å²) in [6, 6.07) is 7.15. The summed E-state index contributed by atoms with van der Waals surface area (Å²) in [5.41, 5.74) is 2.07. The second-order valence-electron chi connectivity index (χ2n) is 4.77. The second-order valence-corrected chi connectivity index (χ2v) is 4.77. The molecule has 0 saturated carbocycles. The van der Waals surface area contributed by atoms with Crippen LogP contribution in [0.3, 0.4) is 0 Å². The van der Waals surface area contributed by atoms with Crippen molar-refractivity contribution in [2.45, 2.75) is 13.8 Å². The van der Waals surface area contributed by atoms with Gasteiger partial charge in [-0.25, -0.2) is 0 Å². The minimum Gasteiger partial charge on any atom is -0.497 e. The molecule has 0 aromatic heterocycles. The van der Waals surface area contributed by atoms with Crippen molar-refractivity contribution in [3.05, 3.63) is 24.3 Å². The molecule has 0 spiro atoms. The average Bonchev–Trinajstić information content (AvgIpc) is 2.80. The van der Waals surface area contributed by atoms with E-state index >= 15 is 0 Å². The summed E-state index contributed by atoms with van der Waals surface area (Å²) in [6.45, 7) is 3.86. The predicted molar refractivity (Wildman–Crippen MR) is 82.1 cm³/mol. The highest BCUT2D eigenvalue weighted by Crippen LogP contribution is 2.26. The van der Waals surface area contributed by atoms with Gasteiger partial charge in [-0.15, -0.1) is 0 Å². The normalized spacial score (nSPS) is 19.0. The third kappa shape index (κ3) is 3.11. The lowest BCUT2D eigenvalue weighted by Crippen LogP contribution is -2.31. The molecule has 0 aliphatic carbocycles. The van der Waals surface area contributed by atoms with Crippen LogP contribution in [0.15, 0.2) is 34.4 Å². The smallest absolute Gasteiger partial charge is 0.261 e. The number of rotatable bonds is 5. The molecule has 1 aromatic rings. The number of carbonyl (C=O) groups excluding carboxylic acids is 1.